The van der Waals surface area contributed by atoms with Crippen molar-refractivity contribution in [2.24, 2.45) is 0 Å². The molecular formula is C13H14N2O2S. The summed E-state index contributed by atoms with van der Waals surface area (Å²) in [5.74, 6) is 2.25. The lowest BCUT2D eigenvalue weighted by molar-refractivity contribution is 0.382. The van der Waals surface area contributed by atoms with Gasteiger partial charge in [-0.3, -0.25) is 0 Å². The smallest absolute Gasteiger partial charge is 0.246 e. The molecular weight excluding hydrogens is 248 g/mol. The number of hydrogen-bond acceptors (Lipinski definition) is 5. The van der Waals surface area contributed by atoms with Gasteiger partial charge in [-0.05, 0) is 17.7 Å². The highest BCUT2D eigenvalue weighted by molar-refractivity contribution is 7.98. The van der Waals surface area contributed by atoms with Crippen LogP contribution in [0.3, 0.4) is 0 Å². The van der Waals surface area contributed by atoms with Crippen molar-refractivity contribution in [3.8, 4) is 11.6 Å². The lowest BCUT2D eigenvalue weighted by Crippen LogP contribution is -1.92. The normalized spacial score (nSPS) is 10.1. The molecule has 5 heteroatoms. The summed E-state index contributed by atoms with van der Waals surface area (Å²) in [5, 5.41) is 0.802. The summed E-state index contributed by atoms with van der Waals surface area (Å²) < 4.78 is 10.3. The van der Waals surface area contributed by atoms with E-state index in [0.29, 0.717) is 5.88 Å². The number of ether oxygens (including phenoxy) is 2. The fourth-order valence-electron chi connectivity index (χ4n) is 1.42. The number of methoxy groups -OCH3 is 2. The summed E-state index contributed by atoms with van der Waals surface area (Å²) in [4.78, 5) is 8.36. The van der Waals surface area contributed by atoms with Crippen molar-refractivity contribution in [2.75, 3.05) is 14.2 Å². The van der Waals surface area contributed by atoms with Gasteiger partial charge in [-0.1, -0.05) is 23.9 Å². The molecule has 0 amide bonds. The van der Waals surface area contributed by atoms with Crippen LogP contribution in [0.15, 0.2) is 41.7 Å². The summed E-state index contributed by atoms with van der Waals surface area (Å²) in [7, 11) is 3.26. The fourth-order valence-corrected chi connectivity index (χ4v) is 2.32. The first-order valence-corrected chi connectivity index (χ1v) is 6.43. The van der Waals surface area contributed by atoms with Crippen molar-refractivity contribution in [3.05, 3.63) is 42.2 Å². The van der Waals surface area contributed by atoms with Crippen LogP contribution in [-0.2, 0) is 5.75 Å². The molecule has 2 aromatic rings. The number of nitrogens with zero attached hydrogens (tertiary/aromatic N) is 2. The van der Waals surface area contributed by atoms with Crippen LogP contribution in [0.4, 0.5) is 0 Å². The quantitative estimate of drug-likeness (QED) is 0.775. The van der Waals surface area contributed by atoms with Gasteiger partial charge in [-0.15, -0.1) is 0 Å². The molecule has 0 saturated heterocycles. The SMILES string of the molecule is COc1ccc(CSc2nccnc2OC)cc1. The van der Waals surface area contributed by atoms with Gasteiger partial charge in [0, 0.05) is 18.1 Å². The van der Waals surface area contributed by atoms with Crippen molar-refractivity contribution in [1.29, 1.82) is 0 Å². The molecule has 0 unspecified atom stereocenters. The van der Waals surface area contributed by atoms with Crippen LogP contribution in [0.5, 0.6) is 11.6 Å². The third kappa shape index (κ3) is 3.13. The Balaban J connectivity index is 2.02. The van der Waals surface area contributed by atoms with Crippen LogP contribution < -0.4 is 9.47 Å². The van der Waals surface area contributed by atoms with Crippen LogP contribution in [0.1, 0.15) is 5.56 Å². The van der Waals surface area contributed by atoms with E-state index in [1.807, 2.05) is 24.3 Å². The van der Waals surface area contributed by atoms with Crippen LogP contribution in [0.25, 0.3) is 0 Å². The highest BCUT2D eigenvalue weighted by atomic mass is 32.2. The third-order valence-corrected chi connectivity index (χ3v) is 3.39. The Morgan fingerprint density at radius 1 is 1.00 bits per heavy atom. The van der Waals surface area contributed by atoms with Crippen molar-refractivity contribution in [3.63, 3.8) is 0 Å². The summed E-state index contributed by atoms with van der Waals surface area (Å²) in [6.07, 6.45) is 3.29. The minimum Gasteiger partial charge on any atom is -0.497 e. The van der Waals surface area contributed by atoms with Crippen LogP contribution in [0.2, 0.25) is 0 Å². The second kappa shape index (κ2) is 6.26. The van der Waals surface area contributed by atoms with E-state index in [9.17, 15) is 0 Å². The molecule has 0 N–H and O–H groups in total. The van der Waals surface area contributed by atoms with Gasteiger partial charge in [0.05, 0.1) is 14.2 Å². The Kier molecular flexibility index (Phi) is 4.41. The molecule has 0 radical (unpaired) electrons. The van der Waals surface area contributed by atoms with Gasteiger partial charge in [-0.25, -0.2) is 9.97 Å². The number of aromatic nitrogens is 2. The predicted molar refractivity (Wildman–Crippen MR) is 71.1 cm³/mol. The molecule has 2 rings (SSSR count). The molecule has 1 aromatic heterocycles. The highest BCUT2D eigenvalue weighted by Gasteiger charge is 2.06. The second-order valence-electron chi connectivity index (χ2n) is 3.51. The molecule has 0 aliphatic rings. The molecule has 0 atom stereocenters. The lowest BCUT2D eigenvalue weighted by atomic mass is 10.2. The van der Waals surface area contributed by atoms with Gasteiger partial charge in [0.25, 0.3) is 0 Å². The van der Waals surface area contributed by atoms with E-state index in [1.165, 1.54) is 5.56 Å². The molecule has 0 aliphatic carbocycles. The first kappa shape index (κ1) is 12.7. The molecule has 1 heterocycles. The van der Waals surface area contributed by atoms with E-state index in [4.69, 9.17) is 9.47 Å². The van der Waals surface area contributed by atoms with Crippen LogP contribution in [-0.4, -0.2) is 24.2 Å². The van der Waals surface area contributed by atoms with Crippen LogP contribution in [0, 0.1) is 0 Å². The maximum Gasteiger partial charge on any atom is 0.246 e. The van der Waals surface area contributed by atoms with E-state index >= 15 is 0 Å². The largest absolute Gasteiger partial charge is 0.497 e. The van der Waals surface area contributed by atoms with Crippen molar-refractivity contribution < 1.29 is 9.47 Å². The van der Waals surface area contributed by atoms with Gasteiger partial charge in [-0.2, -0.15) is 0 Å². The Hall–Kier alpha value is -1.75. The average Bonchev–Trinajstić information content (AvgIpc) is 2.46. The standard InChI is InChI=1S/C13H14N2O2S/c1-16-11-5-3-10(4-6-11)9-18-13-12(17-2)14-7-8-15-13/h3-8H,9H2,1-2H3. The molecule has 0 bridgehead atoms. The topological polar surface area (TPSA) is 44.2 Å². The van der Waals surface area contributed by atoms with Gasteiger partial charge in [0.2, 0.25) is 5.88 Å². The molecule has 18 heavy (non-hydrogen) atoms. The third-order valence-electron chi connectivity index (χ3n) is 2.36. The minimum atomic E-state index is 0.566. The van der Waals surface area contributed by atoms with Crippen molar-refractivity contribution in [2.45, 2.75) is 10.8 Å². The van der Waals surface area contributed by atoms with Crippen molar-refractivity contribution in [1.82, 2.24) is 9.97 Å². The highest BCUT2D eigenvalue weighted by Crippen LogP contribution is 2.27. The van der Waals surface area contributed by atoms with Gasteiger partial charge in [0.1, 0.15) is 5.75 Å². The number of thioether (sulfide) groups is 1. The Bertz CT molecular complexity index is 503. The Morgan fingerprint density at radius 3 is 2.39 bits per heavy atom. The van der Waals surface area contributed by atoms with E-state index in [2.05, 4.69) is 9.97 Å². The zero-order chi connectivity index (χ0) is 12.8. The molecule has 4 nitrogen and oxygen atoms in total. The number of benzene rings is 1. The van der Waals surface area contributed by atoms with Crippen molar-refractivity contribution >= 4 is 11.8 Å². The van der Waals surface area contributed by atoms with E-state index in [-0.39, 0.29) is 0 Å². The lowest BCUT2D eigenvalue weighted by Gasteiger charge is -2.06. The van der Waals surface area contributed by atoms with Crippen LogP contribution >= 0.6 is 11.8 Å². The first-order valence-electron chi connectivity index (χ1n) is 5.44. The Morgan fingerprint density at radius 2 is 1.72 bits per heavy atom. The monoisotopic (exact) mass is 262 g/mol. The molecule has 0 aliphatic heterocycles. The molecule has 94 valence electrons. The zero-order valence-electron chi connectivity index (χ0n) is 10.3. The second-order valence-corrected chi connectivity index (χ2v) is 4.47. The number of rotatable bonds is 5. The average molecular weight is 262 g/mol. The molecule has 0 saturated carbocycles. The summed E-state index contributed by atoms with van der Waals surface area (Å²) >= 11 is 1.60. The van der Waals surface area contributed by atoms with Gasteiger partial charge < -0.3 is 9.47 Å². The predicted octanol–water partition coefficient (Wildman–Crippen LogP) is 2.79. The molecule has 0 spiro atoms. The summed E-state index contributed by atoms with van der Waals surface area (Å²) in [5.41, 5.74) is 1.20. The molecule has 0 fully saturated rings. The van der Waals surface area contributed by atoms with Gasteiger partial charge in [0.15, 0.2) is 5.03 Å². The van der Waals surface area contributed by atoms with E-state index in [0.717, 1.165) is 16.5 Å². The van der Waals surface area contributed by atoms with E-state index in [1.54, 1.807) is 38.4 Å². The summed E-state index contributed by atoms with van der Waals surface area (Å²) in [6.45, 7) is 0. The zero-order valence-corrected chi connectivity index (χ0v) is 11.1. The first-order chi connectivity index (χ1) is 8.83. The van der Waals surface area contributed by atoms with Gasteiger partial charge >= 0.3 is 0 Å². The summed E-state index contributed by atoms with van der Waals surface area (Å²) in [6, 6.07) is 7.97. The van der Waals surface area contributed by atoms with E-state index < -0.39 is 0 Å². The maximum absolute atomic E-state index is 5.16. The molecule has 1 aromatic carbocycles. The number of hydrogen-bond donors (Lipinski definition) is 0. The fraction of sp³-hybridized carbons (Fsp3) is 0.231. The Labute approximate surface area is 110 Å². The minimum absolute atomic E-state index is 0.566. The maximum atomic E-state index is 5.16.